The summed E-state index contributed by atoms with van der Waals surface area (Å²) in [5, 5.41) is 6.76. The molecule has 3 aromatic carbocycles. The largest absolute Gasteiger partial charge is 0.459 e. The molecule has 1 amide bonds. The van der Waals surface area contributed by atoms with Gasteiger partial charge in [-0.05, 0) is 61.6 Å². The lowest BCUT2D eigenvalue weighted by atomic mass is 10.1. The third kappa shape index (κ3) is 8.87. The molecular weight excluding hydrogens is 561 g/mol. The fraction of sp³-hybridized carbons (Fsp3) is 0.412. The zero-order valence-corrected chi connectivity index (χ0v) is 25.6. The van der Waals surface area contributed by atoms with Crippen LogP contribution in [0.5, 0.6) is 0 Å². The van der Waals surface area contributed by atoms with Crippen molar-refractivity contribution < 1.29 is 23.4 Å². The Morgan fingerprint density at radius 3 is 2.02 bits per heavy atom. The minimum Gasteiger partial charge on any atom is -0.459 e. The predicted molar refractivity (Wildman–Crippen MR) is 167 cm³/mol. The van der Waals surface area contributed by atoms with Crippen molar-refractivity contribution in [1.82, 2.24) is 15.1 Å². The molecule has 0 aliphatic carbocycles. The maximum atomic E-state index is 14.3. The number of benzene rings is 3. The van der Waals surface area contributed by atoms with Gasteiger partial charge in [-0.2, -0.15) is 0 Å². The highest BCUT2D eigenvalue weighted by molar-refractivity contribution is 7.56. The van der Waals surface area contributed by atoms with E-state index < -0.39 is 25.6 Å². The molecule has 1 N–H and O–H groups in total. The molecular formula is C34H42N3O5P. The van der Waals surface area contributed by atoms with E-state index in [0.29, 0.717) is 38.5 Å². The van der Waals surface area contributed by atoms with E-state index >= 15 is 0 Å². The van der Waals surface area contributed by atoms with Gasteiger partial charge in [0, 0.05) is 19.3 Å². The van der Waals surface area contributed by atoms with Gasteiger partial charge in [-0.3, -0.25) is 14.4 Å². The Bertz CT molecular complexity index is 1360. The molecule has 0 radical (unpaired) electrons. The van der Waals surface area contributed by atoms with Crippen molar-refractivity contribution in [2.24, 2.45) is 0 Å². The summed E-state index contributed by atoms with van der Waals surface area (Å²) in [5.74, 6) is -0.654. The molecule has 43 heavy (non-hydrogen) atoms. The molecule has 8 nitrogen and oxygen atoms in total. The lowest BCUT2D eigenvalue weighted by Crippen LogP contribution is -2.60. The van der Waals surface area contributed by atoms with E-state index in [2.05, 4.69) is 17.2 Å². The summed E-state index contributed by atoms with van der Waals surface area (Å²) in [5.41, 5.74) is 3.06. The number of hydrazine groups is 1. The summed E-state index contributed by atoms with van der Waals surface area (Å²) in [7, 11) is -3.41. The summed E-state index contributed by atoms with van der Waals surface area (Å²) in [4.78, 5) is 27.4. The molecule has 0 bridgehead atoms. The van der Waals surface area contributed by atoms with Crippen LogP contribution in [0, 0.1) is 0 Å². The number of ether oxygens (including phenoxy) is 1. The summed E-state index contributed by atoms with van der Waals surface area (Å²) >= 11 is 0. The Labute approximate surface area is 254 Å². The van der Waals surface area contributed by atoms with Crippen LogP contribution in [0.25, 0.3) is 0 Å². The van der Waals surface area contributed by atoms with Gasteiger partial charge in [0.05, 0.1) is 12.6 Å². The highest BCUT2D eigenvalue weighted by Crippen LogP contribution is 2.46. The van der Waals surface area contributed by atoms with Crippen LogP contribution in [0.15, 0.2) is 91.0 Å². The average molecular weight is 604 g/mol. The SMILES string of the molecule is O=C(OCc1ccccc1)[C@@H]1CCCN2CCC[C@H](NP(=O)(CCCCc3ccccc3)OCc3ccccc3)C(=O)N12. The topological polar surface area (TPSA) is 88.2 Å². The van der Waals surface area contributed by atoms with Crippen LogP contribution in [0.4, 0.5) is 0 Å². The van der Waals surface area contributed by atoms with E-state index in [1.807, 2.05) is 83.9 Å². The second-order valence-corrected chi connectivity index (χ2v) is 13.6. The molecule has 3 aromatic rings. The molecule has 0 saturated carbocycles. The number of amides is 1. The van der Waals surface area contributed by atoms with Gasteiger partial charge in [0.2, 0.25) is 0 Å². The van der Waals surface area contributed by atoms with Crippen molar-refractivity contribution >= 4 is 19.4 Å². The van der Waals surface area contributed by atoms with Crippen LogP contribution in [0.1, 0.15) is 55.2 Å². The van der Waals surface area contributed by atoms with Gasteiger partial charge < -0.3 is 9.26 Å². The van der Waals surface area contributed by atoms with Crippen molar-refractivity contribution in [3.05, 3.63) is 108 Å². The number of hydrogen-bond donors (Lipinski definition) is 1. The first-order valence-electron chi connectivity index (χ1n) is 15.4. The lowest BCUT2D eigenvalue weighted by Gasteiger charge is -2.42. The Morgan fingerprint density at radius 2 is 1.37 bits per heavy atom. The third-order valence-corrected chi connectivity index (χ3v) is 10.2. The van der Waals surface area contributed by atoms with E-state index in [1.165, 1.54) is 5.56 Å². The zero-order chi connectivity index (χ0) is 29.9. The van der Waals surface area contributed by atoms with Gasteiger partial charge in [0.15, 0.2) is 0 Å². The van der Waals surface area contributed by atoms with Crippen molar-refractivity contribution in [2.45, 2.75) is 70.2 Å². The van der Waals surface area contributed by atoms with E-state index in [4.69, 9.17) is 9.26 Å². The fourth-order valence-electron chi connectivity index (χ4n) is 5.78. The minimum atomic E-state index is -3.41. The minimum absolute atomic E-state index is 0.158. The number of rotatable bonds is 13. The molecule has 1 unspecified atom stereocenters. The number of fused-ring (bicyclic) bond motifs is 1. The van der Waals surface area contributed by atoms with E-state index in [-0.39, 0.29) is 19.1 Å². The fourth-order valence-corrected chi connectivity index (χ4v) is 7.83. The number of nitrogens with zero attached hydrogens (tertiary/aromatic N) is 2. The van der Waals surface area contributed by atoms with E-state index in [0.717, 1.165) is 36.8 Å². The van der Waals surface area contributed by atoms with Crippen molar-refractivity contribution in [2.75, 3.05) is 19.3 Å². The van der Waals surface area contributed by atoms with Crippen LogP contribution >= 0.6 is 7.52 Å². The van der Waals surface area contributed by atoms with Gasteiger partial charge in [-0.1, -0.05) is 91.0 Å². The van der Waals surface area contributed by atoms with Crippen LogP contribution in [-0.2, 0) is 43.0 Å². The molecule has 228 valence electrons. The first-order chi connectivity index (χ1) is 21.0. The number of nitrogens with one attached hydrogen (secondary N) is 1. The standard InChI is InChI=1S/C34H42N3O5P/c38-33-31(21-12-23-36-24-13-22-32(37(33)36)34(39)41-26-29-17-6-2-7-18-29)35-43(40,42-27-30-19-8-3-9-20-30)25-11-10-16-28-14-4-1-5-15-28/h1-9,14-15,17-20,31-32H,10-13,16,21-27H2,(H,35,40)/t31-,32-,43?/m0/s1. The smallest absolute Gasteiger partial charge is 0.330 e. The first-order valence-corrected chi connectivity index (χ1v) is 17.2. The molecule has 9 heteroatoms. The Balaban J connectivity index is 1.27. The highest BCUT2D eigenvalue weighted by Gasteiger charge is 2.44. The molecule has 2 aliphatic heterocycles. The second kappa shape index (κ2) is 15.4. The predicted octanol–water partition coefficient (Wildman–Crippen LogP) is 6.12. The second-order valence-electron chi connectivity index (χ2n) is 11.3. The number of aryl methyl sites for hydroxylation is 1. The van der Waals surface area contributed by atoms with Crippen LogP contribution in [0.2, 0.25) is 0 Å². The number of carbonyl (C=O) groups is 2. The van der Waals surface area contributed by atoms with Crippen molar-refractivity contribution in [3.8, 4) is 0 Å². The normalized spacial score (nSPS) is 20.6. The van der Waals surface area contributed by atoms with Crippen molar-refractivity contribution in [3.63, 3.8) is 0 Å². The Hall–Kier alpha value is -3.29. The lowest BCUT2D eigenvalue weighted by molar-refractivity contribution is -0.178. The highest BCUT2D eigenvalue weighted by atomic mass is 31.2. The summed E-state index contributed by atoms with van der Waals surface area (Å²) in [6.07, 6.45) is 5.34. The van der Waals surface area contributed by atoms with Gasteiger partial charge >= 0.3 is 5.97 Å². The summed E-state index contributed by atoms with van der Waals surface area (Å²) < 4.78 is 26.1. The van der Waals surface area contributed by atoms with E-state index in [1.54, 1.807) is 5.01 Å². The number of hydrogen-bond acceptors (Lipinski definition) is 6. The van der Waals surface area contributed by atoms with Crippen molar-refractivity contribution in [1.29, 1.82) is 0 Å². The van der Waals surface area contributed by atoms with Gasteiger partial charge in [-0.15, -0.1) is 0 Å². The number of carbonyl (C=O) groups excluding carboxylic acids is 2. The molecule has 0 aromatic heterocycles. The van der Waals surface area contributed by atoms with E-state index in [9.17, 15) is 14.2 Å². The molecule has 2 saturated heterocycles. The molecule has 2 fully saturated rings. The Kier molecular flexibility index (Phi) is 11.2. The zero-order valence-electron chi connectivity index (χ0n) is 24.7. The van der Waals surface area contributed by atoms with Gasteiger partial charge in [0.1, 0.15) is 12.6 Å². The summed E-state index contributed by atoms with van der Waals surface area (Å²) in [6.45, 7) is 1.70. The number of unbranched alkanes of at least 4 members (excludes halogenated alkanes) is 1. The molecule has 3 atom stereocenters. The number of esters is 1. The molecule has 5 rings (SSSR count). The summed E-state index contributed by atoms with van der Waals surface area (Å²) in [6, 6.07) is 28.0. The third-order valence-electron chi connectivity index (χ3n) is 8.07. The Morgan fingerprint density at radius 1 is 0.791 bits per heavy atom. The monoisotopic (exact) mass is 603 g/mol. The maximum Gasteiger partial charge on any atom is 0.330 e. The average Bonchev–Trinajstić information content (AvgIpc) is 3.20. The first kappa shape index (κ1) is 31.1. The van der Waals surface area contributed by atoms with Crippen LogP contribution in [0.3, 0.4) is 0 Å². The molecule has 2 heterocycles. The molecule has 2 aliphatic rings. The van der Waals surface area contributed by atoms with Crippen LogP contribution in [-0.4, -0.2) is 53.2 Å². The van der Waals surface area contributed by atoms with Gasteiger partial charge in [-0.25, -0.2) is 14.9 Å². The van der Waals surface area contributed by atoms with Gasteiger partial charge in [0.25, 0.3) is 13.4 Å². The quantitative estimate of drug-likeness (QED) is 0.143. The van der Waals surface area contributed by atoms with Crippen LogP contribution < -0.4 is 5.09 Å². The molecule has 0 spiro atoms. The maximum absolute atomic E-state index is 14.3.